The first-order chi connectivity index (χ1) is 8.85. The van der Waals surface area contributed by atoms with Crippen LogP contribution in [0.4, 0.5) is 0 Å². The van der Waals surface area contributed by atoms with Crippen LogP contribution in [0.5, 0.6) is 17.2 Å². The highest BCUT2D eigenvalue weighted by molar-refractivity contribution is 5.52. The molecule has 96 valence electrons. The second-order valence-electron chi connectivity index (χ2n) is 5.32. The molecule has 0 radical (unpaired) electrons. The third-order valence-corrected chi connectivity index (χ3v) is 4.11. The van der Waals surface area contributed by atoms with Crippen molar-refractivity contribution in [1.82, 2.24) is 5.32 Å². The normalized spacial score (nSPS) is 28.9. The van der Waals surface area contributed by atoms with Gasteiger partial charge < -0.3 is 19.5 Å². The van der Waals surface area contributed by atoms with Gasteiger partial charge in [-0.2, -0.15) is 0 Å². The minimum Gasteiger partial charge on any atom is -0.486 e. The third kappa shape index (κ3) is 1.56. The van der Waals surface area contributed by atoms with Crippen molar-refractivity contribution >= 4 is 0 Å². The molecule has 1 N–H and O–H groups in total. The average Bonchev–Trinajstić information content (AvgIpc) is 2.85. The van der Waals surface area contributed by atoms with Crippen LogP contribution in [0.3, 0.4) is 0 Å². The summed E-state index contributed by atoms with van der Waals surface area (Å²) in [7, 11) is 0. The average molecular weight is 247 g/mol. The zero-order valence-electron chi connectivity index (χ0n) is 10.3. The molecule has 1 aromatic rings. The fourth-order valence-electron chi connectivity index (χ4n) is 3.07. The molecule has 0 saturated carbocycles. The van der Waals surface area contributed by atoms with E-state index in [1.54, 1.807) is 0 Å². The predicted molar refractivity (Wildman–Crippen MR) is 66.6 cm³/mol. The summed E-state index contributed by atoms with van der Waals surface area (Å²) < 4.78 is 17.5. The van der Waals surface area contributed by atoms with E-state index in [9.17, 15) is 0 Å². The summed E-state index contributed by atoms with van der Waals surface area (Å²) in [5, 5.41) is 3.39. The molecule has 0 aromatic heterocycles. The molecule has 0 amide bonds. The SMILES string of the molecule is c1c2c(cc3c1OCCO3)OC1(CCNC1)CC2. The van der Waals surface area contributed by atoms with Crippen LogP contribution in [0.1, 0.15) is 18.4 Å². The summed E-state index contributed by atoms with van der Waals surface area (Å²) in [5.74, 6) is 2.67. The molecule has 1 saturated heterocycles. The van der Waals surface area contributed by atoms with Gasteiger partial charge in [-0.3, -0.25) is 0 Å². The number of nitrogens with one attached hydrogen (secondary N) is 1. The fraction of sp³-hybridized carbons (Fsp3) is 0.571. The quantitative estimate of drug-likeness (QED) is 0.754. The lowest BCUT2D eigenvalue weighted by Gasteiger charge is -2.35. The summed E-state index contributed by atoms with van der Waals surface area (Å²) in [6.07, 6.45) is 3.25. The first-order valence-corrected chi connectivity index (χ1v) is 6.67. The first kappa shape index (κ1) is 10.5. The number of ether oxygens (including phenoxy) is 3. The van der Waals surface area contributed by atoms with Gasteiger partial charge in [0.25, 0.3) is 0 Å². The monoisotopic (exact) mass is 247 g/mol. The van der Waals surface area contributed by atoms with E-state index in [0.717, 1.165) is 49.6 Å². The summed E-state index contributed by atoms with van der Waals surface area (Å²) in [4.78, 5) is 0. The highest BCUT2D eigenvalue weighted by atomic mass is 16.6. The minimum atomic E-state index is 0.0107. The molecule has 3 aliphatic rings. The molecule has 4 nitrogen and oxygen atoms in total. The number of rotatable bonds is 0. The van der Waals surface area contributed by atoms with Crippen LogP contribution in [0.2, 0.25) is 0 Å². The van der Waals surface area contributed by atoms with Gasteiger partial charge in [-0.25, -0.2) is 0 Å². The van der Waals surface area contributed by atoms with Gasteiger partial charge in [0.05, 0.1) is 0 Å². The lowest BCUT2D eigenvalue weighted by atomic mass is 9.90. The van der Waals surface area contributed by atoms with E-state index >= 15 is 0 Å². The standard InChI is InChI=1S/C14H17NO3/c1-2-14(3-4-15-9-14)18-11-8-13-12(7-10(1)11)16-5-6-17-13/h7-8,15H,1-6,9H2. The molecule has 1 aromatic carbocycles. The Morgan fingerprint density at radius 1 is 1.00 bits per heavy atom. The number of benzene rings is 1. The Morgan fingerprint density at radius 3 is 2.61 bits per heavy atom. The van der Waals surface area contributed by atoms with Gasteiger partial charge in [-0.1, -0.05) is 0 Å². The maximum atomic E-state index is 6.25. The lowest BCUT2D eigenvalue weighted by molar-refractivity contribution is 0.0650. The Morgan fingerprint density at radius 2 is 1.83 bits per heavy atom. The van der Waals surface area contributed by atoms with E-state index < -0.39 is 0 Å². The van der Waals surface area contributed by atoms with E-state index in [0.29, 0.717) is 13.2 Å². The first-order valence-electron chi connectivity index (χ1n) is 6.67. The van der Waals surface area contributed by atoms with Crippen LogP contribution in [0.15, 0.2) is 12.1 Å². The Hall–Kier alpha value is -1.42. The van der Waals surface area contributed by atoms with Gasteiger partial charge in [0.15, 0.2) is 11.5 Å². The van der Waals surface area contributed by atoms with Crippen molar-refractivity contribution in [3.63, 3.8) is 0 Å². The molecular weight excluding hydrogens is 230 g/mol. The molecule has 3 heterocycles. The van der Waals surface area contributed by atoms with Crippen molar-refractivity contribution in [3.8, 4) is 17.2 Å². The Kier molecular flexibility index (Phi) is 2.21. The van der Waals surface area contributed by atoms with Crippen molar-refractivity contribution < 1.29 is 14.2 Å². The van der Waals surface area contributed by atoms with E-state index in [2.05, 4.69) is 11.4 Å². The maximum absolute atomic E-state index is 6.25. The molecular formula is C14H17NO3. The van der Waals surface area contributed by atoms with Crippen LogP contribution in [0, 0.1) is 0 Å². The van der Waals surface area contributed by atoms with E-state index in [1.807, 2.05) is 6.07 Å². The van der Waals surface area contributed by atoms with Crippen molar-refractivity contribution in [2.75, 3.05) is 26.3 Å². The number of aryl methyl sites for hydroxylation is 1. The molecule has 1 atom stereocenters. The molecule has 18 heavy (non-hydrogen) atoms. The van der Waals surface area contributed by atoms with Crippen LogP contribution < -0.4 is 19.5 Å². The predicted octanol–water partition coefficient (Wildman–Crippen LogP) is 1.51. The van der Waals surface area contributed by atoms with Crippen molar-refractivity contribution in [1.29, 1.82) is 0 Å². The van der Waals surface area contributed by atoms with Gasteiger partial charge in [0.2, 0.25) is 0 Å². The van der Waals surface area contributed by atoms with Gasteiger partial charge in [0, 0.05) is 19.0 Å². The largest absolute Gasteiger partial charge is 0.486 e. The number of fused-ring (bicyclic) bond motifs is 2. The van der Waals surface area contributed by atoms with Crippen molar-refractivity contribution in [3.05, 3.63) is 17.7 Å². The van der Waals surface area contributed by atoms with E-state index in [-0.39, 0.29) is 5.60 Å². The van der Waals surface area contributed by atoms with Crippen LogP contribution in [0.25, 0.3) is 0 Å². The van der Waals surface area contributed by atoms with Crippen LogP contribution in [-0.2, 0) is 6.42 Å². The lowest BCUT2D eigenvalue weighted by Crippen LogP contribution is -2.41. The summed E-state index contributed by atoms with van der Waals surface area (Å²) >= 11 is 0. The molecule has 3 aliphatic heterocycles. The number of hydrogen-bond acceptors (Lipinski definition) is 4. The van der Waals surface area contributed by atoms with Crippen LogP contribution >= 0.6 is 0 Å². The Bertz CT molecular complexity index is 480. The van der Waals surface area contributed by atoms with Gasteiger partial charge >= 0.3 is 0 Å². The zero-order chi connectivity index (χ0) is 12.0. The number of hydrogen-bond donors (Lipinski definition) is 1. The van der Waals surface area contributed by atoms with Crippen molar-refractivity contribution in [2.24, 2.45) is 0 Å². The van der Waals surface area contributed by atoms with Gasteiger partial charge in [-0.05, 0) is 31.0 Å². The topological polar surface area (TPSA) is 39.7 Å². The summed E-state index contributed by atoms with van der Waals surface area (Å²) in [6, 6.07) is 4.09. The molecule has 4 rings (SSSR count). The second-order valence-corrected chi connectivity index (χ2v) is 5.32. The Balaban J connectivity index is 1.71. The molecule has 0 bridgehead atoms. The second kappa shape index (κ2) is 3.79. The molecule has 1 unspecified atom stereocenters. The smallest absolute Gasteiger partial charge is 0.165 e. The maximum Gasteiger partial charge on any atom is 0.165 e. The van der Waals surface area contributed by atoms with E-state index in [4.69, 9.17) is 14.2 Å². The molecule has 0 aliphatic carbocycles. The summed E-state index contributed by atoms with van der Waals surface area (Å²) in [5.41, 5.74) is 1.26. The van der Waals surface area contributed by atoms with E-state index in [1.165, 1.54) is 5.56 Å². The fourth-order valence-corrected chi connectivity index (χ4v) is 3.07. The van der Waals surface area contributed by atoms with Gasteiger partial charge in [0.1, 0.15) is 24.6 Å². The highest BCUT2D eigenvalue weighted by Gasteiger charge is 2.39. The molecule has 1 spiro atoms. The molecule has 4 heteroatoms. The third-order valence-electron chi connectivity index (χ3n) is 4.11. The highest BCUT2D eigenvalue weighted by Crippen LogP contribution is 2.43. The zero-order valence-corrected chi connectivity index (χ0v) is 10.3. The summed E-state index contributed by atoms with van der Waals surface area (Å²) in [6.45, 7) is 3.28. The van der Waals surface area contributed by atoms with Crippen LogP contribution in [-0.4, -0.2) is 31.9 Å². The van der Waals surface area contributed by atoms with Crippen molar-refractivity contribution in [2.45, 2.75) is 24.9 Å². The molecule has 1 fully saturated rings. The minimum absolute atomic E-state index is 0.0107. The Labute approximate surface area is 106 Å². The van der Waals surface area contributed by atoms with Gasteiger partial charge in [-0.15, -0.1) is 0 Å².